The van der Waals surface area contributed by atoms with E-state index in [1.807, 2.05) is 23.9 Å². The van der Waals surface area contributed by atoms with Crippen molar-refractivity contribution in [3.63, 3.8) is 0 Å². The van der Waals surface area contributed by atoms with Crippen molar-refractivity contribution in [1.82, 2.24) is 0 Å². The zero-order chi connectivity index (χ0) is 11.4. The molecule has 0 radical (unpaired) electrons. The van der Waals surface area contributed by atoms with Gasteiger partial charge in [-0.1, -0.05) is 23.7 Å². The van der Waals surface area contributed by atoms with Crippen molar-refractivity contribution in [1.29, 1.82) is 0 Å². The summed E-state index contributed by atoms with van der Waals surface area (Å²) in [6.07, 6.45) is 3.04. The summed E-state index contributed by atoms with van der Waals surface area (Å²) in [7, 11) is 0. The molecule has 0 atom stereocenters. The number of hydrogen-bond acceptors (Lipinski definition) is 2. The van der Waals surface area contributed by atoms with Crippen LogP contribution in [-0.4, -0.2) is 17.3 Å². The number of Topliss-reactive ketones (excluding diaryl/α,β-unsaturated/α-hetero) is 1. The van der Waals surface area contributed by atoms with Gasteiger partial charge >= 0.3 is 0 Å². The zero-order valence-corrected chi connectivity index (χ0v) is 10.7. The summed E-state index contributed by atoms with van der Waals surface area (Å²) in [4.78, 5) is 12.0. The molecule has 0 N–H and O–H groups in total. The number of ketones is 1. The van der Waals surface area contributed by atoms with E-state index in [1.165, 1.54) is 24.3 Å². The first kappa shape index (κ1) is 12.0. The van der Waals surface area contributed by atoms with Gasteiger partial charge in [0.25, 0.3) is 0 Å². The molecule has 0 spiro atoms. The summed E-state index contributed by atoms with van der Waals surface area (Å²) in [6, 6.07) is 7.26. The molecule has 0 aromatic heterocycles. The van der Waals surface area contributed by atoms with Crippen LogP contribution in [0.4, 0.5) is 0 Å². The molecule has 1 heterocycles. The molecule has 1 aromatic rings. The van der Waals surface area contributed by atoms with Crippen molar-refractivity contribution in [2.45, 2.75) is 19.3 Å². The third kappa shape index (κ3) is 3.26. The number of rotatable bonds is 3. The highest BCUT2D eigenvalue weighted by molar-refractivity contribution is 7.99. The van der Waals surface area contributed by atoms with Crippen molar-refractivity contribution in [2.75, 3.05) is 11.5 Å². The second kappa shape index (κ2) is 5.74. The number of hydrogen-bond donors (Lipinski definition) is 0. The molecule has 1 aliphatic rings. The largest absolute Gasteiger partial charge is 0.294 e. The average Bonchev–Trinajstić information content (AvgIpc) is 2.30. The molecule has 0 aliphatic carbocycles. The van der Waals surface area contributed by atoms with Crippen LogP contribution in [-0.2, 0) is 0 Å². The van der Waals surface area contributed by atoms with Gasteiger partial charge in [0.2, 0.25) is 0 Å². The molecular formula is C13H15ClOS. The van der Waals surface area contributed by atoms with E-state index in [2.05, 4.69) is 0 Å². The molecule has 0 amide bonds. The Hall–Kier alpha value is -0.470. The van der Waals surface area contributed by atoms with E-state index in [1.54, 1.807) is 12.1 Å². The lowest BCUT2D eigenvalue weighted by atomic mass is 9.93. The van der Waals surface area contributed by atoms with E-state index in [9.17, 15) is 4.79 Å². The molecule has 3 heteroatoms. The number of carbonyl (C=O) groups excluding carboxylic acids is 1. The van der Waals surface area contributed by atoms with Crippen LogP contribution in [0.5, 0.6) is 0 Å². The van der Waals surface area contributed by atoms with Gasteiger partial charge in [-0.15, -0.1) is 0 Å². The molecule has 1 fully saturated rings. The first-order chi connectivity index (χ1) is 7.75. The SMILES string of the molecule is O=C(CC1CCSCC1)c1cccc(Cl)c1. The molecule has 2 rings (SSSR count). The highest BCUT2D eigenvalue weighted by atomic mass is 35.5. The van der Waals surface area contributed by atoms with Crippen LogP contribution in [0.2, 0.25) is 5.02 Å². The second-order valence-electron chi connectivity index (χ2n) is 4.19. The maximum Gasteiger partial charge on any atom is 0.163 e. The van der Waals surface area contributed by atoms with Gasteiger partial charge in [0.15, 0.2) is 5.78 Å². The van der Waals surface area contributed by atoms with E-state index in [4.69, 9.17) is 11.6 Å². The zero-order valence-electron chi connectivity index (χ0n) is 9.12. The second-order valence-corrected chi connectivity index (χ2v) is 5.85. The van der Waals surface area contributed by atoms with Gasteiger partial charge in [-0.25, -0.2) is 0 Å². The number of benzene rings is 1. The molecule has 1 saturated heterocycles. The smallest absolute Gasteiger partial charge is 0.163 e. The lowest BCUT2D eigenvalue weighted by Crippen LogP contribution is -2.14. The van der Waals surface area contributed by atoms with Crippen LogP contribution in [0.3, 0.4) is 0 Å². The Kier molecular flexibility index (Phi) is 4.30. The minimum Gasteiger partial charge on any atom is -0.294 e. The Morgan fingerprint density at radius 1 is 1.38 bits per heavy atom. The molecule has 1 aliphatic heterocycles. The summed E-state index contributed by atoms with van der Waals surface area (Å²) in [5.74, 6) is 3.22. The van der Waals surface area contributed by atoms with Crippen LogP contribution < -0.4 is 0 Å². The van der Waals surface area contributed by atoms with Gasteiger partial charge in [-0.05, 0) is 42.4 Å². The molecular weight excluding hydrogens is 240 g/mol. The van der Waals surface area contributed by atoms with Gasteiger partial charge in [-0.2, -0.15) is 11.8 Å². The average molecular weight is 255 g/mol. The van der Waals surface area contributed by atoms with E-state index in [0.717, 1.165) is 5.56 Å². The minimum absolute atomic E-state index is 0.236. The van der Waals surface area contributed by atoms with Crippen LogP contribution in [0.25, 0.3) is 0 Å². The molecule has 0 unspecified atom stereocenters. The van der Waals surface area contributed by atoms with Crippen LogP contribution in [0.1, 0.15) is 29.6 Å². The fourth-order valence-electron chi connectivity index (χ4n) is 1.99. The van der Waals surface area contributed by atoms with Crippen molar-refractivity contribution in [3.8, 4) is 0 Å². The Morgan fingerprint density at radius 2 is 2.12 bits per heavy atom. The Bertz CT molecular complexity index is 372. The Morgan fingerprint density at radius 3 is 2.81 bits per heavy atom. The summed E-state index contributed by atoms with van der Waals surface area (Å²) in [5, 5.41) is 0.644. The van der Waals surface area contributed by atoms with E-state index in [0.29, 0.717) is 17.4 Å². The number of carbonyl (C=O) groups is 1. The number of halogens is 1. The van der Waals surface area contributed by atoms with E-state index >= 15 is 0 Å². The van der Waals surface area contributed by atoms with Gasteiger partial charge in [0.1, 0.15) is 0 Å². The molecule has 16 heavy (non-hydrogen) atoms. The third-order valence-electron chi connectivity index (χ3n) is 2.96. The first-order valence-electron chi connectivity index (χ1n) is 5.62. The predicted molar refractivity (Wildman–Crippen MR) is 70.4 cm³/mol. The summed E-state index contributed by atoms with van der Waals surface area (Å²) >= 11 is 7.87. The number of thioether (sulfide) groups is 1. The van der Waals surface area contributed by atoms with Gasteiger partial charge in [0, 0.05) is 17.0 Å². The lowest BCUT2D eigenvalue weighted by molar-refractivity contribution is 0.0958. The monoisotopic (exact) mass is 254 g/mol. The minimum atomic E-state index is 0.236. The Balaban J connectivity index is 1.97. The standard InChI is InChI=1S/C13H15ClOS/c14-12-3-1-2-11(9-12)13(15)8-10-4-6-16-7-5-10/h1-3,9-10H,4-8H2. The van der Waals surface area contributed by atoms with Crippen LogP contribution in [0.15, 0.2) is 24.3 Å². The molecule has 86 valence electrons. The van der Waals surface area contributed by atoms with Crippen LogP contribution in [0, 0.1) is 5.92 Å². The predicted octanol–water partition coefficient (Wildman–Crippen LogP) is 4.06. The maximum atomic E-state index is 12.0. The summed E-state index contributed by atoms with van der Waals surface area (Å²) < 4.78 is 0. The summed E-state index contributed by atoms with van der Waals surface area (Å²) in [6.45, 7) is 0. The normalized spacial score (nSPS) is 17.3. The fourth-order valence-corrected chi connectivity index (χ4v) is 3.39. The van der Waals surface area contributed by atoms with Crippen molar-refractivity contribution < 1.29 is 4.79 Å². The highest BCUT2D eigenvalue weighted by Crippen LogP contribution is 2.26. The topological polar surface area (TPSA) is 17.1 Å². The quantitative estimate of drug-likeness (QED) is 0.757. The van der Waals surface area contributed by atoms with E-state index < -0.39 is 0 Å². The van der Waals surface area contributed by atoms with Gasteiger partial charge < -0.3 is 0 Å². The van der Waals surface area contributed by atoms with E-state index in [-0.39, 0.29) is 5.78 Å². The van der Waals surface area contributed by atoms with Crippen LogP contribution >= 0.6 is 23.4 Å². The maximum absolute atomic E-state index is 12.0. The Labute approximate surface area is 106 Å². The summed E-state index contributed by atoms with van der Waals surface area (Å²) in [5.41, 5.74) is 0.755. The van der Waals surface area contributed by atoms with Crippen molar-refractivity contribution in [3.05, 3.63) is 34.9 Å². The molecule has 0 saturated carbocycles. The van der Waals surface area contributed by atoms with Gasteiger partial charge in [0.05, 0.1) is 0 Å². The lowest BCUT2D eigenvalue weighted by Gasteiger charge is -2.20. The molecule has 1 nitrogen and oxygen atoms in total. The molecule has 1 aromatic carbocycles. The van der Waals surface area contributed by atoms with Gasteiger partial charge in [-0.3, -0.25) is 4.79 Å². The third-order valence-corrected chi connectivity index (χ3v) is 4.25. The fraction of sp³-hybridized carbons (Fsp3) is 0.462. The molecule has 0 bridgehead atoms. The highest BCUT2D eigenvalue weighted by Gasteiger charge is 2.18. The van der Waals surface area contributed by atoms with Crippen molar-refractivity contribution in [2.24, 2.45) is 5.92 Å². The van der Waals surface area contributed by atoms with Crippen molar-refractivity contribution >= 4 is 29.1 Å². The first-order valence-corrected chi connectivity index (χ1v) is 7.15.